The Balaban J connectivity index is 2.89. The molecule has 0 radical (unpaired) electrons. The molecule has 0 saturated carbocycles. The molecule has 0 bridgehead atoms. The van der Waals surface area contributed by atoms with E-state index in [1.807, 2.05) is 12.1 Å². The summed E-state index contributed by atoms with van der Waals surface area (Å²) in [5.41, 5.74) is 1.81. The van der Waals surface area contributed by atoms with Crippen LogP contribution in [0, 0.1) is 11.3 Å². The molecule has 0 amide bonds. The van der Waals surface area contributed by atoms with E-state index >= 15 is 0 Å². The van der Waals surface area contributed by atoms with E-state index in [1.165, 1.54) is 0 Å². The molecule has 0 aliphatic heterocycles. The van der Waals surface area contributed by atoms with Gasteiger partial charge in [0.15, 0.2) is 0 Å². The molecule has 0 atom stereocenters. The molecule has 0 N–H and O–H groups in total. The van der Waals surface area contributed by atoms with Crippen molar-refractivity contribution in [2.75, 3.05) is 6.61 Å². The minimum atomic E-state index is 0.700. The predicted molar refractivity (Wildman–Crippen MR) is 56.3 cm³/mol. The lowest BCUT2D eigenvalue weighted by Crippen LogP contribution is -1.98. The van der Waals surface area contributed by atoms with E-state index < -0.39 is 0 Å². The Morgan fingerprint density at radius 3 is 2.71 bits per heavy atom. The summed E-state index contributed by atoms with van der Waals surface area (Å²) >= 11 is 0. The number of aryl methyl sites for hydroxylation is 1. The van der Waals surface area contributed by atoms with Crippen molar-refractivity contribution in [3.05, 3.63) is 29.3 Å². The van der Waals surface area contributed by atoms with Crippen molar-refractivity contribution in [3.8, 4) is 11.8 Å². The summed E-state index contributed by atoms with van der Waals surface area (Å²) in [6.45, 7) is 4.88. The fraction of sp³-hybridized carbons (Fsp3) is 0.417. The highest BCUT2D eigenvalue weighted by Crippen LogP contribution is 2.20. The van der Waals surface area contributed by atoms with Crippen molar-refractivity contribution in [2.45, 2.75) is 26.7 Å². The molecule has 0 saturated heterocycles. The highest BCUT2D eigenvalue weighted by Gasteiger charge is 2.02. The van der Waals surface area contributed by atoms with Crippen molar-refractivity contribution < 1.29 is 4.74 Å². The van der Waals surface area contributed by atoms with Crippen LogP contribution in [0.15, 0.2) is 18.2 Å². The van der Waals surface area contributed by atoms with Gasteiger partial charge in [0.05, 0.1) is 18.2 Å². The molecule has 74 valence electrons. The van der Waals surface area contributed by atoms with Gasteiger partial charge in [-0.15, -0.1) is 0 Å². The van der Waals surface area contributed by atoms with Crippen molar-refractivity contribution >= 4 is 0 Å². The lowest BCUT2D eigenvalue weighted by Gasteiger charge is -2.09. The first-order chi connectivity index (χ1) is 6.81. The average molecular weight is 189 g/mol. The van der Waals surface area contributed by atoms with Gasteiger partial charge in [0.25, 0.3) is 0 Å². The molecule has 1 aromatic carbocycles. The third-order valence-electron chi connectivity index (χ3n) is 2.03. The first kappa shape index (κ1) is 10.6. The average Bonchev–Trinajstić information content (AvgIpc) is 2.26. The van der Waals surface area contributed by atoms with Gasteiger partial charge in [-0.3, -0.25) is 0 Å². The Bertz CT molecular complexity index is 339. The Morgan fingerprint density at radius 2 is 2.14 bits per heavy atom. The normalized spacial score (nSPS) is 9.50. The van der Waals surface area contributed by atoms with E-state index in [1.54, 1.807) is 6.07 Å². The zero-order chi connectivity index (χ0) is 10.4. The number of nitrogens with zero attached hydrogens (tertiary/aromatic N) is 1. The maximum atomic E-state index is 8.73. The highest BCUT2D eigenvalue weighted by atomic mass is 16.5. The second-order valence-corrected chi connectivity index (χ2v) is 3.14. The van der Waals surface area contributed by atoms with Gasteiger partial charge in [-0.25, -0.2) is 0 Å². The number of rotatable bonds is 4. The number of hydrogen-bond acceptors (Lipinski definition) is 2. The van der Waals surface area contributed by atoms with Gasteiger partial charge in [-0.2, -0.15) is 5.26 Å². The van der Waals surface area contributed by atoms with E-state index in [0.717, 1.165) is 30.8 Å². The fourth-order valence-corrected chi connectivity index (χ4v) is 1.28. The molecule has 1 aromatic rings. The minimum Gasteiger partial charge on any atom is -0.493 e. The maximum Gasteiger partial charge on any atom is 0.122 e. The number of hydrogen-bond donors (Lipinski definition) is 0. The van der Waals surface area contributed by atoms with E-state index in [0.29, 0.717) is 5.56 Å². The van der Waals surface area contributed by atoms with Crippen molar-refractivity contribution in [2.24, 2.45) is 0 Å². The zero-order valence-corrected chi connectivity index (χ0v) is 8.71. The van der Waals surface area contributed by atoms with Crippen LogP contribution in [0.3, 0.4) is 0 Å². The fourth-order valence-electron chi connectivity index (χ4n) is 1.28. The maximum absolute atomic E-state index is 8.73. The first-order valence-corrected chi connectivity index (χ1v) is 4.97. The van der Waals surface area contributed by atoms with Gasteiger partial charge in [-0.05, 0) is 36.6 Å². The molecule has 0 aromatic heterocycles. The van der Waals surface area contributed by atoms with Gasteiger partial charge in [0, 0.05) is 0 Å². The summed E-state index contributed by atoms with van der Waals surface area (Å²) in [6.07, 6.45) is 1.90. The predicted octanol–water partition coefficient (Wildman–Crippen LogP) is 2.91. The van der Waals surface area contributed by atoms with Crippen LogP contribution in [0.5, 0.6) is 5.75 Å². The largest absolute Gasteiger partial charge is 0.493 e. The summed E-state index contributed by atoms with van der Waals surface area (Å²) in [5, 5.41) is 8.73. The monoisotopic (exact) mass is 189 g/mol. The molecule has 2 heteroatoms. The molecule has 0 aliphatic rings. The number of nitriles is 1. The quantitative estimate of drug-likeness (QED) is 0.729. The van der Waals surface area contributed by atoms with Crippen LogP contribution in [0.25, 0.3) is 0 Å². The van der Waals surface area contributed by atoms with Crippen LogP contribution < -0.4 is 4.74 Å². The Hall–Kier alpha value is -1.49. The minimum absolute atomic E-state index is 0.700. The summed E-state index contributed by atoms with van der Waals surface area (Å²) < 4.78 is 5.57. The standard InChI is InChI=1S/C12H15NO/c1-3-7-14-12-6-5-10(9-13)8-11(12)4-2/h5-6,8H,3-4,7H2,1-2H3. The third-order valence-corrected chi connectivity index (χ3v) is 2.03. The zero-order valence-electron chi connectivity index (χ0n) is 8.71. The Kier molecular flexibility index (Phi) is 4.00. The van der Waals surface area contributed by atoms with Crippen LogP contribution in [0.4, 0.5) is 0 Å². The van der Waals surface area contributed by atoms with Crippen molar-refractivity contribution in [3.63, 3.8) is 0 Å². The lowest BCUT2D eigenvalue weighted by molar-refractivity contribution is 0.314. The van der Waals surface area contributed by atoms with Crippen molar-refractivity contribution in [1.82, 2.24) is 0 Å². The van der Waals surface area contributed by atoms with Crippen LogP contribution in [-0.2, 0) is 6.42 Å². The van der Waals surface area contributed by atoms with E-state index in [4.69, 9.17) is 10.00 Å². The molecule has 1 rings (SSSR count). The van der Waals surface area contributed by atoms with Crippen LogP contribution >= 0.6 is 0 Å². The molecule has 0 aliphatic carbocycles. The number of ether oxygens (including phenoxy) is 1. The molecule has 0 spiro atoms. The van der Waals surface area contributed by atoms with Crippen LogP contribution in [-0.4, -0.2) is 6.61 Å². The molecular formula is C12H15NO. The van der Waals surface area contributed by atoms with E-state index in [9.17, 15) is 0 Å². The second kappa shape index (κ2) is 5.29. The van der Waals surface area contributed by atoms with Crippen molar-refractivity contribution in [1.29, 1.82) is 5.26 Å². The van der Waals surface area contributed by atoms with Gasteiger partial charge >= 0.3 is 0 Å². The van der Waals surface area contributed by atoms with Gasteiger partial charge < -0.3 is 4.74 Å². The highest BCUT2D eigenvalue weighted by molar-refractivity contribution is 5.41. The van der Waals surface area contributed by atoms with E-state index in [2.05, 4.69) is 19.9 Å². The topological polar surface area (TPSA) is 33.0 Å². The summed E-state index contributed by atoms with van der Waals surface area (Å²) in [4.78, 5) is 0. The third kappa shape index (κ3) is 2.50. The smallest absolute Gasteiger partial charge is 0.122 e. The molecule has 2 nitrogen and oxygen atoms in total. The molecule has 0 fully saturated rings. The summed E-state index contributed by atoms with van der Waals surface area (Å²) in [7, 11) is 0. The van der Waals surface area contributed by atoms with E-state index in [-0.39, 0.29) is 0 Å². The van der Waals surface area contributed by atoms with Gasteiger partial charge in [0.2, 0.25) is 0 Å². The molecule has 0 unspecified atom stereocenters. The molecular weight excluding hydrogens is 174 g/mol. The van der Waals surface area contributed by atoms with Crippen LogP contribution in [0.1, 0.15) is 31.4 Å². The first-order valence-electron chi connectivity index (χ1n) is 4.97. The Labute approximate surface area is 85.1 Å². The number of benzene rings is 1. The SMILES string of the molecule is CCCOc1ccc(C#N)cc1CC. The summed E-state index contributed by atoms with van der Waals surface area (Å²) in [5.74, 6) is 0.911. The van der Waals surface area contributed by atoms with Crippen LogP contribution in [0.2, 0.25) is 0 Å². The summed E-state index contributed by atoms with van der Waals surface area (Å²) in [6, 6.07) is 7.70. The Morgan fingerprint density at radius 1 is 1.36 bits per heavy atom. The van der Waals surface area contributed by atoms with Gasteiger partial charge in [0.1, 0.15) is 5.75 Å². The second-order valence-electron chi connectivity index (χ2n) is 3.14. The van der Waals surface area contributed by atoms with Gasteiger partial charge in [-0.1, -0.05) is 13.8 Å². The lowest BCUT2D eigenvalue weighted by atomic mass is 10.1. The molecule has 0 heterocycles. The molecule has 14 heavy (non-hydrogen) atoms.